The third kappa shape index (κ3) is 3.54. The molecule has 0 aromatic carbocycles. The van der Waals surface area contributed by atoms with Gasteiger partial charge in [-0.15, -0.1) is 0 Å². The van der Waals surface area contributed by atoms with E-state index in [0.717, 1.165) is 12.2 Å². The highest BCUT2D eigenvalue weighted by Crippen LogP contribution is 2.20. The fraction of sp³-hybridized carbons (Fsp3) is 0.467. The largest absolute Gasteiger partial charge is 0.366 e. The number of carbonyl (C=O) groups excluding carboxylic acids is 1. The number of carbonyl (C=O) groups is 1. The predicted molar refractivity (Wildman–Crippen MR) is 84.5 cm³/mol. The summed E-state index contributed by atoms with van der Waals surface area (Å²) in [6.45, 7) is 5.86. The molecule has 2 N–H and O–H groups in total. The van der Waals surface area contributed by atoms with E-state index in [1.165, 1.54) is 0 Å². The number of anilines is 1. The smallest absolute Gasteiger partial charge is 0.255 e. The van der Waals surface area contributed by atoms with E-state index in [2.05, 4.69) is 25.7 Å². The van der Waals surface area contributed by atoms with Gasteiger partial charge in [0.1, 0.15) is 11.9 Å². The summed E-state index contributed by atoms with van der Waals surface area (Å²) in [5.74, 6) is 0.976. The summed E-state index contributed by atoms with van der Waals surface area (Å²) in [4.78, 5) is 20.8. The summed E-state index contributed by atoms with van der Waals surface area (Å²) in [5, 5.41) is 10.5. The van der Waals surface area contributed by atoms with Gasteiger partial charge in [0.05, 0.1) is 12.3 Å². The van der Waals surface area contributed by atoms with Crippen LogP contribution >= 0.6 is 0 Å². The number of nitrogens with zero attached hydrogens (tertiary/aromatic N) is 4. The molecule has 1 saturated heterocycles. The molecule has 1 fully saturated rings. The molecule has 0 bridgehead atoms. The first kappa shape index (κ1) is 15.6. The van der Waals surface area contributed by atoms with Crippen molar-refractivity contribution < 1.29 is 9.53 Å². The first-order valence-electron chi connectivity index (χ1n) is 7.65. The van der Waals surface area contributed by atoms with Gasteiger partial charge in [-0.05, 0) is 12.0 Å². The molecule has 0 spiro atoms. The standard InChI is InChI=1S/C15H20N6O2/c1-10(2)11-8-13(19-14(22)12-9-16-6-7-23-12)21(20-11)15-17-4-3-5-18-15/h3-5,8,10,12,16H,6-7,9H2,1-2H3,(H,19,22)/t12-/m1/s1. The summed E-state index contributed by atoms with van der Waals surface area (Å²) in [7, 11) is 0. The summed E-state index contributed by atoms with van der Waals surface area (Å²) < 4.78 is 7.02. The van der Waals surface area contributed by atoms with Gasteiger partial charge in [-0.2, -0.15) is 9.78 Å². The number of ether oxygens (including phenoxy) is 1. The Morgan fingerprint density at radius 3 is 2.87 bits per heavy atom. The van der Waals surface area contributed by atoms with E-state index in [-0.39, 0.29) is 11.8 Å². The maximum Gasteiger partial charge on any atom is 0.255 e. The SMILES string of the molecule is CC(C)c1cc(NC(=O)[C@H]2CNCCO2)n(-c2ncccn2)n1. The molecule has 0 unspecified atom stereocenters. The van der Waals surface area contributed by atoms with Gasteiger partial charge in [0.2, 0.25) is 0 Å². The van der Waals surface area contributed by atoms with Crippen LogP contribution in [0.25, 0.3) is 5.95 Å². The second-order valence-electron chi connectivity index (χ2n) is 5.62. The van der Waals surface area contributed by atoms with Gasteiger partial charge in [-0.3, -0.25) is 4.79 Å². The van der Waals surface area contributed by atoms with Crippen LogP contribution in [0.2, 0.25) is 0 Å². The lowest BCUT2D eigenvalue weighted by Gasteiger charge is -2.22. The Hall–Kier alpha value is -2.32. The first-order chi connectivity index (χ1) is 11.1. The average molecular weight is 316 g/mol. The molecule has 2 aromatic rings. The topological polar surface area (TPSA) is 94.0 Å². The molecule has 8 heteroatoms. The van der Waals surface area contributed by atoms with E-state index in [1.54, 1.807) is 23.1 Å². The summed E-state index contributed by atoms with van der Waals surface area (Å²) in [5.41, 5.74) is 0.857. The molecule has 1 aliphatic heterocycles. The molecule has 23 heavy (non-hydrogen) atoms. The predicted octanol–water partition coefficient (Wildman–Crippen LogP) is 0.713. The second kappa shape index (κ2) is 6.84. The molecule has 1 aliphatic rings. The van der Waals surface area contributed by atoms with Crippen molar-refractivity contribution >= 4 is 11.7 Å². The molecule has 0 aliphatic carbocycles. The number of nitrogens with one attached hydrogen (secondary N) is 2. The van der Waals surface area contributed by atoms with E-state index in [0.29, 0.717) is 24.9 Å². The molecule has 1 atom stereocenters. The molecule has 8 nitrogen and oxygen atoms in total. The van der Waals surface area contributed by atoms with Crippen molar-refractivity contribution in [3.05, 3.63) is 30.2 Å². The number of rotatable bonds is 4. The monoisotopic (exact) mass is 316 g/mol. The Morgan fingerprint density at radius 2 is 2.22 bits per heavy atom. The second-order valence-corrected chi connectivity index (χ2v) is 5.62. The highest BCUT2D eigenvalue weighted by Gasteiger charge is 2.24. The van der Waals surface area contributed by atoms with Crippen LogP contribution in [-0.4, -0.2) is 51.5 Å². The highest BCUT2D eigenvalue weighted by atomic mass is 16.5. The van der Waals surface area contributed by atoms with Gasteiger partial charge in [0, 0.05) is 31.5 Å². The Balaban J connectivity index is 1.86. The third-order valence-corrected chi connectivity index (χ3v) is 3.53. The fourth-order valence-corrected chi connectivity index (χ4v) is 2.26. The van der Waals surface area contributed by atoms with Crippen LogP contribution in [0.3, 0.4) is 0 Å². The lowest BCUT2D eigenvalue weighted by Crippen LogP contribution is -2.45. The van der Waals surface area contributed by atoms with Crippen molar-refractivity contribution in [1.29, 1.82) is 0 Å². The minimum atomic E-state index is -0.508. The zero-order chi connectivity index (χ0) is 16.2. The van der Waals surface area contributed by atoms with Gasteiger partial charge in [-0.1, -0.05) is 13.8 Å². The molecule has 3 heterocycles. The lowest BCUT2D eigenvalue weighted by atomic mass is 10.1. The van der Waals surface area contributed by atoms with Crippen molar-refractivity contribution in [3.63, 3.8) is 0 Å². The van der Waals surface area contributed by atoms with Crippen LogP contribution in [-0.2, 0) is 9.53 Å². The maximum atomic E-state index is 12.4. The van der Waals surface area contributed by atoms with E-state index in [1.807, 2.05) is 19.9 Å². The molecule has 2 aromatic heterocycles. The summed E-state index contributed by atoms with van der Waals surface area (Å²) in [6, 6.07) is 3.57. The van der Waals surface area contributed by atoms with Crippen LogP contribution < -0.4 is 10.6 Å². The minimum absolute atomic E-state index is 0.204. The lowest BCUT2D eigenvalue weighted by molar-refractivity contribution is -0.128. The number of amides is 1. The zero-order valence-electron chi connectivity index (χ0n) is 13.2. The van der Waals surface area contributed by atoms with E-state index >= 15 is 0 Å². The van der Waals surface area contributed by atoms with E-state index < -0.39 is 6.10 Å². The maximum absolute atomic E-state index is 12.4. The Labute approximate surface area is 134 Å². The Morgan fingerprint density at radius 1 is 1.43 bits per heavy atom. The number of aromatic nitrogens is 4. The first-order valence-corrected chi connectivity index (χ1v) is 7.65. The van der Waals surface area contributed by atoms with Gasteiger partial charge < -0.3 is 15.4 Å². The molecular weight excluding hydrogens is 296 g/mol. The average Bonchev–Trinajstić information content (AvgIpc) is 3.00. The Bertz CT molecular complexity index is 664. The van der Waals surface area contributed by atoms with Gasteiger partial charge in [0.15, 0.2) is 0 Å². The van der Waals surface area contributed by atoms with Crippen molar-refractivity contribution in [2.24, 2.45) is 0 Å². The normalized spacial score (nSPS) is 18.1. The van der Waals surface area contributed by atoms with Crippen molar-refractivity contribution in [2.75, 3.05) is 25.0 Å². The minimum Gasteiger partial charge on any atom is -0.366 e. The highest BCUT2D eigenvalue weighted by molar-refractivity contribution is 5.94. The molecular formula is C15H20N6O2. The van der Waals surface area contributed by atoms with Gasteiger partial charge >= 0.3 is 0 Å². The number of hydrogen-bond acceptors (Lipinski definition) is 6. The summed E-state index contributed by atoms with van der Waals surface area (Å²) in [6.07, 6.45) is 2.77. The van der Waals surface area contributed by atoms with Crippen LogP contribution in [0.5, 0.6) is 0 Å². The number of morpholine rings is 1. The molecule has 1 amide bonds. The van der Waals surface area contributed by atoms with Gasteiger partial charge in [-0.25, -0.2) is 9.97 Å². The third-order valence-electron chi connectivity index (χ3n) is 3.53. The zero-order valence-corrected chi connectivity index (χ0v) is 13.2. The molecule has 3 rings (SSSR count). The summed E-state index contributed by atoms with van der Waals surface area (Å²) >= 11 is 0. The van der Waals surface area contributed by atoms with Crippen LogP contribution in [0, 0.1) is 0 Å². The fourth-order valence-electron chi connectivity index (χ4n) is 2.26. The Kier molecular flexibility index (Phi) is 4.63. The van der Waals surface area contributed by atoms with E-state index in [9.17, 15) is 4.79 Å². The van der Waals surface area contributed by atoms with Crippen LogP contribution in [0.15, 0.2) is 24.5 Å². The van der Waals surface area contributed by atoms with Crippen LogP contribution in [0.4, 0.5) is 5.82 Å². The molecule has 0 radical (unpaired) electrons. The van der Waals surface area contributed by atoms with Crippen molar-refractivity contribution in [2.45, 2.75) is 25.9 Å². The quantitative estimate of drug-likeness (QED) is 0.863. The molecule has 122 valence electrons. The van der Waals surface area contributed by atoms with E-state index in [4.69, 9.17) is 4.74 Å². The van der Waals surface area contributed by atoms with Crippen molar-refractivity contribution in [1.82, 2.24) is 25.1 Å². The number of hydrogen-bond donors (Lipinski definition) is 2. The van der Waals surface area contributed by atoms with Crippen LogP contribution in [0.1, 0.15) is 25.5 Å². The van der Waals surface area contributed by atoms with Crippen molar-refractivity contribution in [3.8, 4) is 5.95 Å². The van der Waals surface area contributed by atoms with Gasteiger partial charge in [0.25, 0.3) is 11.9 Å². The molecule has 0 saturated carbocycles.